The molecule has 35 heavy (non-hydrogen) atoms. The predicted octanol–water partition coefficient (Wildman–Crippen LogP) is 3.70. The molecule has 0 aromatic carbocycles. The van der Waals surface area contributed by atoms with Crippen molar-refractivity contribution in [3.05, 3.63) is 50.9 Å². The van der Waals surface area contributed by atoms with E-state index in [1.54, 1.807) is 6.20 Å². The first-order valence-electron chi connectivity index (χ1n) is 12.2. The van der Waals surface area contributed by atoms with Gasteiger partial charge in [0, 0.05) is 61.0 Å². The molecule has 0 radical (unpaired) electrons. The molecule has 7 rings (SSSR count). The highest BCUT2D eigenvalue weighted by atomic mass is 35.5. The van der Waals surface area contributed by atoms with Gasteiger partial charge in [0.05, 0.1) is 17.0 Å². The SMILES string of the molecule is CC1(N2CCc3nc(Cl)nc(Nc4ncc5c(c4F)-c4[nH]c6c(c4CC5)C(=O)NCC6)c3C2)CC1. The Balaban J connectivity index is 1.29. The van der Waals surface area contributed by atoms with Crippen LogP contribution in [0.3, 0.4) is 0 Å². The first-order valence-corrected chi connectivity index (χ1v) is 12.6. The number of halogens is 2. The van der Waals surface area contributed by atoms with Crippen molar-refractivity contribution in [1.82, 2.24) is 30.2 Å². The molecule has 0 saturated heterocycles. The first-order chi connectivity index (χ1) is 16.9. The molecular weight excluding hydrogens is 469 g/mol. The van der Waals surface area contributed by atoms with Crippen LogP contribution in [-0.2, 0) is 32.2 Å². The van der Waals surface area contributed by atoms with Crippen molar-refractivity contribution >= 4 is 29.1 Å². The molecule has 1 amide bonds. The lowest BCUT2D eigenvalue weighted by molar-refractivity contribution is 0.0945. The van der Waals surface area contributed by atoms with E-state index >= 15 is 4.39 Å². The fourth-order valence-electron chi connectivity index (χ4n) is 5.80. The van der Waals surface area contributed by atoms with Gasteiger partial charge in [0.25, 0.3) is 5.91 Å². The standard InChI is InChI=1S/C25H25ClFN7O/c1-25(6-7-25)34-9-5-15-14(11-34)21(33-24(26)31-15)32-22-19(27)17-12(10-29-22)2-3-13-18-16(30-20(13)17)4-8-28-23(18)35/h10,30H,2-9,11H2,1H3,(H,28,35)(H,29,31,32,33). The number of rotatable bonds is 3. The zero-order chi connectivity index (χ0) is 23.9. The van der Waals surface area contributed by atoms with E-state index in [9.17, 15) is 4.79 Å². The van der Waals surface area contributed by atoms with E-state index in [4.69, 9.17) is 11.6 Å². The number of amides is 1. The maximum absolute atomic E-state index is 16.1. The van der Waals surface area contributed by atoms with Crippen LogP contribution in [0.5, 0.6) is 0 Å². The van der Waals surface area contributed by atoms with Gasteiger partial charge in [-0.3, -0.25) is 9.69 Å². The molecule has 180 valence electrons. The normalized spacial score (nSPS) is 19.8. The van der Waals surface area contributed by atoms with Crippen molar-refractivity contribution < 1.29 is 9.18 Å². The highest BCUT2D eigenvalue weighted by Crippen LogP contribution is 2.44. The molecule has 5 heterocycles. The van der Waals surface area contributed by atoms with Gasteiger partial charge >= 0.3 is 0 Å². The van der Waals surface area contributed by atoms with E-state index in [1.807, 2.05) is 0 Å². The average molecular weight is 494 g/mol. The van der Waals surface area contributed by atoms with E-state index in [1.165, 1.54) is 12.8 Å². The molecule has 0 unspecified atom stereocenters. The maximum Gasteiger partial charge on any atom is 0.253 e. The zero-order valence-electron chi connectivity index (χ0n) is 19.4. The Morgan fingerprint density at radius 1 is 1.11 bits per heavy atom. The number of carbonyl (C=O) groups is 1. The summed E-state index contributed by atoms with van der Waals surface area (Å²) in [6, 6.07) is 0. The molecule has 0 spiro atoms. The van der Waals surface area contributed by atoms with Gasteiger partial charge in [0.2, 0.25) is 5.28 Å². The number of fused-ring (bicyclic) bond motifs is 6. The molecule has 2 aliphatic heterocycles. The molecule has 0 bridgehead atoms. The third kappa shape index (κ3) is 3.28. The topological polar surface area (TPSA) is 98.8 Å². The Kier molecular flexibility index (Phi) is 4.54. The summed E-state index contributed by atoms with van der Waals surface area (Å²) < 4.78 is 16.1. The summed E-state index contributed by atoms with van der Waals surface area (Å²) in [6.45, 7) is 4.48. The molecule has 3 N–H and O–H groups in total. The quantitative estimate of drug-likeness (QED) is 0.481. The fourth-order valence-corrected chi connectivity index (χ4v) is 5.98. The lowest BCUT2D eigenvalue weighted by atomic mass is 9.88. The molecule has 10 heteroatoms. The summed E-state index contributed by atoms with van der Waals surface area (Å²) in [5.41, 5.74) is 6.50. The monoisotopic (exact) mass is 493 g/mol. The van der Waals surface area contributed by atoms with Gasteiger partial charge in [-0.1, -0.05) is 0 Å². The number of aryl methyl sites for hydroxylation is 1. The maximum atomic E-state index is 16.1. The van der Waals surface area contributed by atoms with Gasteiger partial charge < -0.3 is 15.6 Å². The van der Waals surface area contributed by atoms with Crippen molar-refractivity contribution in [1.29, 1.82) is 0 Å². The number of aromatic amines is 1. The van der Waals surface area contributed by atoms with Gasteiger partial charge in [0.1, 0.15) is 5.82 Å². The molecule has 0 atom stereocenters. The third-order valence-electron chi connectivity index (χ3n) is 8.07. The molecule has 3 aromatic heterocycles. The van der Waals surface area contributed by atoms with Crippen LogP contribution >= 0.6 is 11.6 Å². The van der Waals surface area contributed by atoms with E-state index in [0.29, 0.717) is 55.0 Å². The number of aromatic nitrogens is 4. The van der Waals surface area contributed by atoms with Crippen molar-refractivity contribution in [3.63, 3.8) is 0 Å². The summed E-state index contributed by atoms with van der Waals surface area (Å²) in [4.78, 5) is 31.6. The number of carbonyl (C=O) groups excluding carboxylic acids is 1. The van der Waals surface area contributed by atoms with Crippen LogP contribution in [0.25, 0.3) is 11.3 Å². The summed E-state index contributed by atoms with van der Waals surface area (Å²) in [5.74, 6) is 0.0609. The lowest BCUT2D eigenvalue weighted by Gasteiger charge is -2.34. The predicted molar refractivity (Wildman–Crippen MR) is 130 cm³/mol. The van der Waals surface area contributed by atoms with Gasteiger partial charge in [-0.15, -0.1) is 0 Å². The fraction of sp³-hybridized carbons (Fsp3) is 0.440. The molecule has 4 aliphatic rings. The number of anilines is 2. The second-order valence-electron chi connectivity index (χ2n) is 10.2. The van der Waals surface area contributed by atoms with Crippen LogP contribution in [0.2, 0.25) is 5.28 Å². The van der Waals surface area contributed by atoms with Gasteiger partial charge in [-0.05, 0) is 55.3 Å². The van der Waals surface area contributed by atoms with E-state index in [-0.39, 0.29) is 22.5 Å². The molecule has 3 aromatic rings. The number of H-pyrrole nitrogens is 1. The van der Waals surface area contributed by atoms with Crippen LogP contribution in [0, 0.1) is 5.82 Å². The van der Waals surface area contributed by atoms with Crippen LogP contribution < -0.4 is 10.6 Å². The molecular formula is C25H25ClFN7O. The Labute approximate surface area is 206 Å². The molecule has 2 aliphatic carbocycles. The van der Waals surface area contributed by atoms with Crippen molar-refractivity contribution in [2.75, 3.05) is 18.4 Å². The van der Waals surface area contributed by atoms with Gasteiger partial charge in [-0.2, -0.15) is 0 Å². The van der Waals surface area contributed by atoms with Crippen LogP contribution in [0.1, 0.15) is 58.2 Å². The number of nitrogens with zero attached hydrogens (tertiary/aromatic N) is 4. The van der Waals surface area contributed by atoms with E-state index < -0.39 is 5.82 Å². The number of nitrogens with one attached hydrogen (secondary N) is 3. The van der Waals surface area contributed by atoms with E-state index in [0.717, 1.165) is 41.0 Å². The Hall–Kier alpha value is -3.04. The van der Waals surface area contributed by atoms with Crippen LogP contribution in [-0.4, -0.2) is 49.4 Å². The van der Waals surface area contributed by atoms with Crippen molar-refractivity contribution in [3.8, 4) is 11.3 Å². The molecule has 1 saturated carbocycles. The smallest absolute Gasteiger partial charge is 0.253 e. The van der Waals surface area contributed by atoms with Crippen molar-refractivity contribution in [2.24, 2.45) is 0 Å². The summed E-state index contributed by atoms with van der Waals surface area (Å²) in [7, 11) is 0. The highest BCUT2D eigenvalue weighted by Gasteiger charge is 2.44. The largest absolute Gasteiger partial charge is 0.357 e. The molecule has 1 fully saturated rings. The summed E-state index contributed by atoms with van der Waals surface area (Å²) >= 11 is 6.25. The van der Waals surface area contributed by atoms with Gasteiger partial charge in [-0.25, -0.2) is 19.3 Å². The van der Waals surface area contributed by atoms with Gasteiger partial charge in [0.15, 0.2) is 11.6 Å². The summed E-state index contributed by atoms with van der Waals surface area (Å²) in [6.07, 6.45) is 6.88. The second kappa shape index (κ2) is 7.48. The van der Waals surface area contributed by atoms with Crippen LogP contribution in [0.4, 0.5) is 16.0 Å². The Morgan fingerprint density at radius 3 is 2.80 bits per heavy atom. The minimum absolute atomic E-state index is 0.0869. The molecule has 8 nitrogen and oxygen atoms in total. The zero-order valence-corrected chi connectivity index (χ0v) is 20.2. The minimum Gasteiger partial charge on any atom is -0.357 e. The highest BCUT2D eigenvalue weighted by molar-refractivity contribution is 6.28. The average Bonchev–Trinajstić information content (AvgIpc) is 3.47. The van der Waals surface area contributed by atoms with Crippen molar-refractivity contribution in [2.45, 2.75) is 57.5 Å². The number of pyridine rings is 1. The Morgan fingerprint density at radius 2 is 1.97 bits per heavy atom. The number of hydrogen-bond acceptors (Lipinski definition) is 6. The summed E-state index contributed by atoms with van der Waals surface area (Å²) in [5, 5.41) is 6.19. The van der Waals surface area contributed by atoms with E-state index in [2.05, 4.69) is 42.4 Å². The van der Waals surface area contributed by atoms with Crippen LogP contribution in [0.15, 0.2) is 6.20 Å². The first kappa shape index (κ1) is 21.3. The second-order valence-corrected chi connectivity index (χ2v) is 10.6. The minimum atomic E-state index is -0.451. The Bertz CT molecular complexity index is 1410. The number of hydrogen-bond donors (Lipinski definition) is 3. The third-order valence-corrected chi connectivity index (χ3v) is 8.24. The lowest BCUT2D eigenvalue weighted by Crippen LogP contribution is -2.40.